The third kappa shape index (κ3) is 5.77. The fourth-order valence-electron chi connectivity index (χ4n) is 0.750. The van der Waals surface area contributed by atoms with Gasteiger partial charge in [0.25, 0.3) is 0 Å². The van der Waals surface area contributed by atoms with Crippen LogP contribution in [0.1, 0.15) is 0 Å². The third-order valence-corrected chi connectivity index (χ3v) is 2.78. The predicted molar refractivity (Wildman–Crippen MR) is 64.7 cm³/mol. The van der Waals surface area contributed by atoms with E-state index in [4.69, 9.17) is 17.3 Å². The van der Waals surface area contributed by atoms with E-state index in [2.05, 4.69) is 13.2 Å². The Morgan fingerprint density at radius 3 is 2.29 bits per heavy atom. The molecule has 0 aliphatic rings. The number of thiocarbonyl (C=S) groups is 1. The molecule has 0 aromatic carbocycles. The summed E-state index contributed by atoms with van der Waals surface area (Å²) in [5.41, 5.74) is 0. The molecule has 0 saturated carbocycles. The Bertz CT molecular complexity index is 231. The maximum absolute atomic E-state index is 10.3. The van der Waals surface area contributed by atoms with E-state index in [1.165, 1.54) is 0 Å². The highest BCUT2D eigenvalue weighted by Crippen LogP contribution is 2.09. The van der Waals surface area contributed by atoms with Gasteiger partial charge in [0.15, 0.2) is 0 Å². The summed E-state index contributed by atoms with van der Waals surface area (Å²) < 4.78 is 0.562. The lowest BCUT2D eigenvalue weighted by Gasteiger charge is -2.20. The molecule has 0 aliphatic carbocycles. The summed E-state index contributed by atoms with van der Waals surface area (Å²) in [6.07, 6.45) is 3.44. The maximum atomic E-state index is 10.3. The van der Waals surface area contributed by atoms with E-state index in [-0.39, 0.29) is 5.75 Å². The molecule has 0 heterocycles. The number of carbonyl (C=O) groups is 1. The topological polar surface area (TPSA) is 40.5 Å². The van der Waals surface area contributed by atoms with Gasteiger partial charge in [0, 0.05) is 13.1 Å². The summed E-state index contributed by atoms with van der Waals surface area (Å²) in [7, 11) is 0. The van der Waals surface area contributed by atoms with E-state index in [0.29, 0.717) is 17.4 Å². The third-order valence-electron chi connectivity index (χ3n) is 1.28. The highest BCUT2D eigenvalue weighted by atomic mass is 32.2. The van der Waals surface area contributed by atoms with Crippen LogP contribution in [0.2, 0.25) is 0 Å². The molecule has 0 saturated heterocycles. The van der Waals surface area contributed by atoms with Crippen LogP contribution >= 0.6 is 24.0 Å². The van der Waals surface area contributed by atoms with E-state index < -0.39 is 5.97 Å². The van der Waals surface area contributed by atoms with E-state index in [9.17, 15) is 4.79 Å². The standard InChI is InChI=1S/C9H13NO2S2/c1-3-5-10(6-4-2)9(13)14-7-8(11)12/h3-4H,1-2,5-7H2,(H,11,12). The van der Waals surface area contributed by atoms with Crippen molar-refractivity contribution in [2.45, 2.75) is 0 Å². The molecule has 0 unspecified atom stereocenters. The smallest absolute Gasteiger partial charge is 0.313 e. The first-order valence-corrected chi connectivity index (χ1v) is 5.36. The Morgan fingerprint density at radius 2 is 1.93 bits per heavy atom. The van der Waals surface area contributed by atoms with Gasteiger partial charge in [-0.2, -0.15) is 0 Å². The first kappa shape index (κ1) is 13.2. The van der Waals surface area contributed by atoms with Gasteiger partial charge in [-0.3, -0.25) is 4.79 Å². The van der Waals surface area contributed by atoms with Crippen molar-refractivity contribution >= 4 is 34.3 Å². The van der Waals surface area contributed by atoms with E-state index in [1.807, 2.05) is 4.90 Å². The van der Waals surface area contributed by atoms with E-state index >= 15 is 0 Å². The molecular weight excluding hydrogens is 218 g/mol. The van der Waals surface area contributed by atoms with E-state index in [1.54, 1.807) is 12.2 Å². The van der Waals surface area contributed by atoms with Crippen LogP contribution in [0.3, 0.4) is 0 Å². The van der Waals surface area contributed by atoms with Crippen LogP contribution < -0.4 is 0 Å². The molecule has 0 rings (SSSR count). The molecule has 78 valence electrons. The normalized spacial score (nSPS) is 9.14. The second kappa shape index (κ2) is 7.58. The first-order valence-electron chi connectivity index (χ1n) is 3.97. The van der Waals surface area contributed by atoms with Crippen LogP contribution in [0, 0.1) is 0 Å². The summed E-state index contributed by atoms with van der Waals surface area (Å²) in [5.74, 6) is -0.876. The van der Waals surface area contributed by atoms with Crippen molar-refractivity contribution in [3.05, 3.63) is 25.3 Å². The zero-order valence-corrected chi connectivity index (χ0v) is 9.44. The number of aliphatic carboxylic acids is 1. The van der Waals surface area contributed by atoms with Gasteiger partial charge in [-0.05, 0) is 0 Å². The van der Waals surface area contributed by atoms with Crippen LogP contribution in [0.5, 0.6) is 0 Å². The van der Waals surface area contributed by atoms with Gasteiger partial charge in [-0.1, -0.05) is 36.1 Å². The quantitative estimate of drug-likeness (QED) is 0.557. The van der Waals surface area contributed by atoms with Gasteiger partial charge in [-0.25, -0.2) is 0 Å². The SMILES string of the molecule is C=CCN(CC=C)C(=S)SCC(=O)O. The zero-order chi connectivity index (χ0) is 11.0. The Kier molecular flexibility index (Phi) is 7.14. The first-order chi connectivity index (χ1) is 6.61. The van der Waals surface area contributed by atoms with Crippen molar-refractivity contribution in [2.24, 2.45) is 0 Å². The second-order valence-corrected chi connectivity index (χ2v) is 4.04. The minimum absolute atomic E-state index is 0.0103. The molecule has 0 aliphatic heterocycles. The zero-order valence-electron chi connectivity index (χ0n) is 7.81. The molecule has 0 aromatic rings. The summed E-state index contributed by atoms with van der Waals surface area (Å²) in [6.45, 7) is 8.42. The summed E-state index contributed by atoms with van der Waals surface area (Å²) >= 11 is 6.19. The van der Waals surface area contributed by atoms with Crippen molar-refractivity contribution in [3.63, 3.8) is 0 Å². The molecule has 14 heavy (non-hydrogen) atoms. The Labute approximate surface area is 93.5 Å². The number of nitrogens with zero attached hydrogens (tertiary/aromatic N) is 1. The fraction of sp³-hybridized carbons (Fsp3) is 0.333. The lowest BCUT2D eigenvalue weighted by atomic mass is 10.5. The highest BCUT2D eigenvalue weighted by Gasteiger charge is 2.08. The molecule has 5 heteroatoms. The molecule has 0 bridgehead atoms. The van der Waals surface area contributed by atoms with Crippen LogP contribution in [0.25, 0.3) is 0 Å². The monoisotopic (exact) mass is 231 g/mol. The molecule has 3 nitrogen and oxygen atoms in total. The van der Waals surface area contributed by atoms with Gasteiger partial charge in [0.05, 0.1) is 5.75 Å². The van der Waals surface area contributed by atoms with Crippen LogP contribution in [0.15, 0.2) is 25.3 Å². The predicted octanol–water partition coefficient (Wildman–Crippen LogP) is 1.76. The molecule has 0 fully saturated rings. The average molecular weight is 231 g/mol. The Hall–Kier alpha value is -0.810. The van der Waals surface area contributed by atoms with Gasteiger partial charge < -0.3 is 10.0 Å². The Morgan fingerprint density at radius 1 is 1.43 bits per heavy atom. The highest BCUT2D eigenvalue weighted by molar-refractivity contribution is 8.23. The molecular formula is C9H13NO2S2. The maximum Gasteiger partial charge on any atom is 0.313 e. The largest absolute Gasteiger partial charge is 0.481 e. The number of rotatable bonds is 6. The number of carboxylic acids is 1. The molecule has 0 spiro atoms. The number of hydrogen-bond acceptors (Lipinski definition) is 3. The summed E-state index contributed by atoms with van der Waals surface area (Å²) in [4.78, 5) is 12.1. The lowest BCUT2D eigenvalue weighted by Crippen LogP contribution is -2.28. The fourth-order valence-corrected chi connectivity index (χ4v) is 1.65. The van der Waals surface area contributed by atoms with Gasteiger partial charge in [0.2, 0.25) is 0 Å². The van der Waals surface area contributed by atoms with Crippen molar-refractivity contribution in [1.82, 2.24) is 4.90 Å². The molecule has 0 aromatic heterocycles. The second-order valence-electron chi connectivity index (χ2n) is 2.43. The van der Waals surface area contributed by atoms with Crippen LogP contribution in [0.4, 0.5) is 0 Å². The van der Waals surface area contributed by atoms with Gasteiger partial charge in [0.1, 0.15) is 4.32 Å². The average Bonchev–Trinajstić information content (AvgIpc) is 2.14. The van der Waals surface area contributed by atoms with Crippen molar-refractivity contribution in [3.8, 4) is 0 Å². The summed E-state index contributed by atoms with van der Waals surface area (Å²) in [5, 5.41) is 8.46. The number of thioether (sulfide) groups is 1. The molecule has 1 N–H and O–H groups in total. The van der Waals surface area contributed by atoms with Crippen molar-refractivity contribution in [2.75, 3.05) is 18.8 Å². The molecule has 0 radical (unpaired) electrons. The molecule has 0 atom stereocenters. The van der Waals surface area contributed by atoms with Crippen LogP contribution in [-0.2, 0) is 4.79 Å². The van der Waals surface area contributed by atoms with Crippen molar-refractivity contribution < 1.29 is 9.90 Å². The Balaban J connectivity index is 4.06. The molecule has 0 amide bonds. The van der Waals surface area contributed by atoms with Gasteiger partial charge in [-0.15, -0.1) is 13.2 Å². The summed E-state index contributed by atoms with van der Waals surface area (Å²) in [6, 6.07) is 0. The van der Waals surface area contributed by atoms with E-state index in [0.717, 1.165) is 11.8 Å². The van der Waals surface area contributed by atoms with Crippen molar-refractivity contribution in [1.29, 1.82) is 0 Å². The van der Waals surface area contributed by atoms with Gasteiger partial charge >= 0.3 is 5.97 Å². The number of carboxylic acid groups (broad SMARTS) is 1. The minimum atomic E-state index is -0.866. The number of hydrogen-bond donors (Lipinski definition) is 1. The lowest BCUT2D eigenvalue weighted by molar-refractivity contribution is -0.133. The minimum Gasteiger partial charge on any atom is -0.481 e. The van der Waals surface area contributed by atoms with Crippen LogP contribution in [-0.4, -0.2) is 39.1 Å².